The van der Waals surface area contributed by atoms with E-state index in [0.717, 1.165) is 49.1 Å². The number of nitrogens with zero attached hydrogens (tertiary/aromatic N) is 1. The summed E-state index contributed by atoms with van der Waals surface area (Å²) in [5.74, 6) is 0.731. The minimum atomic E-state index is -0.0608. The number of rotatable bonds is 7. The number of nitrogens with one attached hydrogen (secondary N) is 3. The maximum atomic E-state index is 12.1. The predicted molar refractivity (Wildman–Crippen MR) is 110 cm³/mol. The smallest absolute Gasteiger partial charge is 0.295 e. The van der Waals surface area contributed by atoms with Crippen LogP contribution >= 0.6 is 11.6 Å². The highest BCUT2D eigenvalue weighted by molar-refractivity contribution is 6.31. The van der Waals surface area contributed by atoms with Gasteiger partial charge in [-0.1, -0.05) is 29.8 Å². The molecule has 1 fully saturated rings. The quantitative estimate of drug-likeness (QED) is 0.443. The Morgan fingerprint density at radius 2 is 1.79 bits per heavy atom. The van der Waals surface area contributed by atoms with Gasteiger partial charge in [0.25, 0.3) is 5.91 Å². The average molecular weight is 403 g/mol. The van der Waals surface area contributed by atoms with Gasteiger partial charge in [-0.2, -0.15) is 5.10 Å². The summed E-state index contributed by atoms with van der Waals surface area (Å²) in [7, 11) is 1.63. The molecule has 0 spiro atoms. The van der Waals surface area contributed by atoms with E-state index in [4.69, 9.17) is 16.3 Å². The van der Waals surface area contributed by atoms with Crippen LogP contribution in [0, 0.1) is 0 Å². The molecule has 1 heterocycles. The van der Waals surface area contributed by atoms with Crippen molar-refractivity contribution in [1.82, 2.24) is 5.43 Å². The molecule has 0 bridgehead atoms. The summed E-state index contributed by atoms with van der Waals surface area (Å²) in [5, 5.41) is 4.88. The van der Waals surface area contributed by atoms with Gasteiger partial charge in [0.2, 0.25) is 0 Å². The van der Waals surface area contributed by atoms with Crippen LogP contribution in [-0.4, -0.2) is 52.0 Å². The summed E-state index contributed by atoms with van der Waals surface area (Å²) in [4.78, 5) is 14.9. The highest BCUT2D eigenvalue weighted by Gasteiger charge is 2.25. The first-order valence-electron chi connectivity index (χ1n) is 9.50. The van der Waals surface area contributed by atoms with Crippen LogP contribution in [0.2, 0.25) is 5.02 Å². The zero-order valence-corrected chi connectivity index (χ0v) is 16.8. The molecule has 0 aromatic heterocycles. The monoisotopic (exact) mass is 402 g/mol. The Labute approximate surface area is 170 Å². The number of benzene rings is 2. The number of hydrogen-bond donors (Lipinski definition) is 3. The van der Waals surface area contributed by atoms with E-state index in [-0.39, 0.29) is 5.91 Å². The van der Waals surface area contributed by atoms with Crippen LogP contribution in [0.5, 0.6) is 5.75 Å². The van der Waals surface area contributed by atoms with Crippen molar-refractivity contribution in [3.63, 3.8) is 0 Å². The standard InChI is InChI=1S/C21H25ClN4O2/c1-28-19-8-6-17(7-9-19)14-23-24-21(27)16-26-12-10-25(11-13-26)15-18-4-2-3-5-20(18)22/h2-9,14H,10-13,15-16H2,1H3,(H,24,27)/p+2/b23-14-. The fraction of sp³-hybridized carbons (Fsp3) is 0.333. The fourth-order valence-electron chi connectivity index (χ4n) is 3.36. The van der Waals surface area contributed by atoms with E-state index in [0.29, 0.717) is 6.54 Å². The summed E-state index contributed by atoms with van der Waals surface area (Å²) in [6.07, 6.45) is 1.64. The Kier molecular flexibility index (Phi) is 7.42. The normalized spacial score (nSPS) is 19.5. The van der Waals surface area contributed by atoms with Gasteiger partial charge in [-0.3, -0.25) is 4.79 Å². The van der Waals surface area contributed by atoms with E-state index in [1.165, 1.54) is 15.4 Å². The number of quaternary nitrogens is 2. The summed E-state index contributed by atoms with van der Waals surface area (Å²) in [6.45, 7) is 5.38. The lowest BCUT2D eigenvalue weighted by molar-refractivity contribution is -1.02. The number of hydrogen-bond acceptors (Lipinski definition) is 3. The van der Waals surface area contributed by atoms with Crippen molar-refractivity contribution in [2.75, 3.05) is 39.8 Å². The Morgan fingerprint density at radius 3 is 2.46 bits per heavy atom. The van der Waals surface area contributed by atoms with Crippen LogP contribution in [0.25, 0.3) is 0 Å². The molecule has 0 atom stereocenters. The molecule has 3 N–H and O–H groups in total. The van der Waals surface area contributed by atoms with Crippen molar-refractivity contribution in [1.29, 1.82) is 0 Å². The van der Waals surface area contributed by atoms with Gasteiger partial charge in [-0.25, -0.2) is 5.43 Å². The fourth-order valence-corrected chi connectivity index (χ4v) is 3.56. The Hall–Kier alpha value is -2.41. The van der Waals surface area contributed by atoms with Crippen molar-refractivity contribution >= 4 is 23.7 Å². The van der Waals surface area contributed by atoms with Crippen LogP contribution < -0.4 is 20.0 Å². The van der Waals surface area contributed by atoms with E-state index in [1.807, 2.05) is 42.5 Å². The van der Waals surface area contributed by atoms with Gasteiger partial charge in [-0.15, -0.1) is 0 Å². The second kappa shape index (κ2) is 10.2. The van der Waals surface area contributed by atoms with Gasteiger partial charge < -0.3 is 14.5 Å². The van der Waals surface area contributed by atoms with Gasteiger partial charge >= 0.3 is 0 Å². The maximum Gasteiger partial charge on any atom is 0.295 e. The highest BCUT2D eigenvalue weighted by Crippen LogP contribution is 2.13. The van der Waals surface area contributed by atoms with Crippen molar-refractivity contribution in [3.05, 3.63) is 64.7 Å². The molecule has 1 aliphatic rings. The number of hydrazone groups is 1. The summed E-state index contributed by atoms with van der Waals surface area (Å²) in [6, 6.07) is 15.5. The molecule has 6 nitrogen and oxygen atoms in total. The molecular formula is C21H27ClN4O2+2. The van der Waals surface area contributed by atoms with E-state index in [9.17, 15) is 4.79 Å². The number of methoxy groups -OCH3 is 1. The van der Waals surface area contributed by atoms with Crippen molar-refractivity contribution in [2.45, 2.75) is 6.54 Å². The first-order valence-corrected chi connectivity index (χ1v) is 9.88. The summed E-state index contributed by atoms with van der Waals surface area (Å²) >= 11 is 6.26. The molecule has 0 unspecified atom stereocenters. The second-order valence-electron chi connectivity index (χ2n) is 7.01. The lowest BCUT2D eigenvalue weighted by Crippen LogP contribution is -3.28. The Morgan fingerprint density at radius 1 is 1.11 bits per heavy atom. The van der Waals surface area contributed by atoms with Gasteiger partial charge in [0.15, 0.2) is 6.54 Å². The minimum Gasteiger partial charge on any atom is -0.497 e. The van der Waals surface area contributed by atoms with Crippen LogP contribution in [0.15, 0.2) is 53.6 Å². The largest absolute Gasteiger partial charge is 0.497 e. The van der Waals surface area contributed by atoms with Gasteiger partial charge in [0.1, 0.15) is 38.5 Å². The lowest BCUT2D eigenvalue weighted by Gasteiger charge is -2.29. The second-order valence-corrected chi connectivity index (χ2v) is 7.42. The molecule has 0 aliphatic carbocycles. The van der Waals surface area contributed by atoms with E-state index in [2.05, 4.69) is 16.6 Å². The number of halogens is 1. The molecule has 148 valence electrons. The third-order valence-corrected chi connectivity index (χ3v) is 5.36. The molecule has 3 rings (SSSR count). The minimum absolute atomic E-state index is 0.0608. The maximum absolute atomic E-state index is 12.1. The van der Waals surface area contributed by atoms with Gasteiger partial charge in [0, 0.05) is 10.6 Å². The molecule has 0 saturated carbocycles. The third-order valence-electron chi connectivity index (χ3n) is 4.99. The number of amides is 1. The van der Waals surface area contributed by atoms with Crippen LogP contribution in [0.3, 0.4) is 0 Å². The van der Waals surface area contributed by atoms with Gasteiger partial charge in [0.05, 0.1) is 13.3 Å². The van der Waals surface area contributed by atoms with Crippen LogP contribution in [0.1, 0.15) is 11.1 Å². The van der Waals surface area contributed by atoms with Crippen molar-refractivity contribution < 1.29 is 19.3 Å². The SMILES string of the molecule is COc1ccc(/C=N\NC(=O)C[NH+]2CC[NH+](Cc3ccccc3Cl)CC2)cc1. The predicted octanol–water partition coefficient (Wildman–Crippen LogP) is -0.218. The summed E-state index contributed by atoms with van der Waals surface area (Å²) < 4.78 is 5.12. The number of piperazine rings is 1. The number of ether oxygens (including phenoxy) is 1. The van der Waals surface area contributed by atoms with Crippen LogP contribution in [-0.2, 0) is 11.3 Å². The highest BCUT2D eigenvalue weighted by atomic mass is 35.5. The third kappa shape index (κ3) is 6.05. The van der Waals surface area contributed by atoms with Gasteiger partial charge in [-0.05, 0) is 35.9 Å². The molecule has 7 heteroatoms. The summed E-state index contributed by atoms with van der Waals surface area (Å²) in [5.41, 5.74) is 4.72. The van der Waals surface area contributed by atoms with Crippen molar-refractivity contribution in [2.24, 2.45) is 5.10 Å². The number of carbonyl (C=O) groups excluding carboxylic acids is 1. The molecule has 2 aromatic carbocycles. The molecule has 1 amide bonds. The number of carbonyl (C=O) groups is 1. The topological polar surface area (TPSA) is 59.6 Å². The molecular weight excluding hydrogens is 376 g/mol. The molecule has 28 heavy (non-hydrogen) atoms. The molecule has 2 aromatic rings. The first-order chi connectivity index (χ1) is 13.6. The van der Waals surface area contributed by atoms with E-state index < -0.39 is 0 Å². The molecule has 1 aliphatic heterocycles. The lowest BCUT2D eigenvalue weighted by atomic mass is 10.2. The zero-order valence-electron chi connectivity index (χ0n) is 16.1. The average Bonchev–Trinajstić information content (AvgIpc) is 2.72. The first kappa shape index (κ1) is 20.3. The zero-order chi connectivity index (χ0) is 19.8. The molecule has 1 saturated heterocycles. The van der Waals surface area contributed by atoms with Crippen LogP contribution in [0.4, 0.5) is 0 Å². The van der Waals surface area contributed by atoms with E-state index >= 15 is 0 Å². The Balaban J connectivity index is 1.38. The van der Waals surface area contributed by atoms with E-state index in [1.54, 1.807) is 13.3 Å². The Bertz CT molecular complexity index is 802. The van der Waals surface area contributed by atoms with Crippen molar-refractivity contribution in [3.8, 4) is 5.75 Å². The molecule has 0 radical (unpaired) electrons.